The maximum absolute atomic E-state index is 13.2. The lowest BCUT2D eigenvalue weighted by molar-refractivity contribution is -0.183. The average Bonchev–Trinajstić information content (AvgIpc) is 2.96. The van der Waals surface area contributed by atoms with E-state index in [0.29, 0.717) is 18.5 Å². The summed E-state index contributed by atoms with van der Waals surface area (Å²) < 4.78 is 41.2. The molecule has 1 fully saturated rings. The molecule has 1 saturated heterocycles. The summed E-state index contributed by atoms with van der Waals surface area (Å²) in [5, 5.41) is 4.18. The normalized spacial score (nSPS) is 18.7. The standard InChI is InChI=1S/C17H18F3N3O/c1-12-14(11-21-23(12)13-7-3-2-4-8-13)16(24)22-10-6-5-9-15(22)17(18,19)20/h2-4,7-8,11,15H,5-6,9-10H2,1H3. The summed E-state index contributed by atoms with van der Waals surface area (Å²) in [6.45, 7) is 1.82. The Labute approximate surface area is 137 Å². The van der Waals surface area contributed by atoms with Crippen molar-refractivity contribution in [3.63, 3.8) is 0 Å². The zero-order chi connectivity index (χ0) is 17.3. The minimum Gasteiger partial charge on any atom is -0.326 e. The first-order valence-corrected chi connectivity index (χ1v) is 7.87. The van der Waals surface area contributed by atoms with E-state index in [4.69, 9.17) is 0 Å². The first-order chi connectivity index (χ1) is 11.4. The minimum atomic E-state index is -4.40. The molecule has 24 heavy (non-hydrogen) atoms. The molecular formula is C17H18F3N3O. The van der Waals surface area contributed by atoms with Crippen LogP contribution in [0.1, 0.15) is 35.3 Å². The first-order valence-electron chi connectivity index (χ1n) is 7.87. The highest BCUT2D eigenvalue weighted by atomic mass is 19.4. The Bertz CT molecular complexity index is 724. The molecule has 0 N–H and O–H groups in total. The van der Waals surface area contributed by atoms with Gasteiger partial charge < -0.3 is 4.90 Å². The van der Waals surface area contributed by atoms with Crippen molar-refractivity contribution in [2.24, 2.45) is 0 Å². The maximum Gasteiger partial charge on any atom is 0.408 e. The van der Waals surface area contributed by atoms with E-state index >= 15 is 0 Å². The number of carbonyl (C=O) groups is 1. The number of halogens is 3. The number of likely N-dealkylation sites (tertiary alicyclic amines) is 1. The van der Waals surface area contributed by atoms with E-state index in [1.165, 1.54) is 6.20 Å². The van der Waals surface area contributed by atoms with E-state index in [9.17, 15) is 18.0 Å². The van der Waals surface area contributed by atoms with E-state index in [0.717, 1.165) is 10.6 Å². The fraction of sp³-hybridized carbons (Fsp3) is 0.412. The Kier molecular flexibility index (Phi) is 4.34. The third-order valence-corrected chi connectivity index (χ3v) is 4.38. The van der Waals surface area contributed by atoms with Crippen molar-refractivity contribution < 1.29 is 18.0 Å². The van der Waals surface area contributed by atoms with Crippen LogP contribution in [0, 0.1) is 6.92 Å². The van der Waals surface area contributed by atoms with E-state index in [2.05, 4.69) is 5.10 Å². The number of para-hydroxylation sites is 1. The molecule has 2 aromatic rings. The minimum absolute atomic E-state index is 0.0406. The number of hydrogen-bond donors (Lipinski definition) is 0. The average molecular weight is 337 g/mol. The van der Waals surface area contributed by atoms with Gasteiger partial charge in [-0.2, -0.15) is 18.3 Å². The van der Waals surface area contributed by atoms with Crippen LogP contribution in [-0.2, 0) is 0 Å². The number of nitrogens with zero attached hydrogens (tertiary/aromatic N) is 3. The second-order valence-electron chi connectivity index (χ2n) is 5.94. The third-order valence-electron chi connectivity index (χ3n) is 4.38. The smallest absolute Gasteiger partial charge is 0.326 e. The van der Waals surface area contributed by atoms with Gasteiger partial charge >= 0.3 is 6.18 Å². The molecule has 128 valence electrons. The molecule has 0 spiro atoms. The van der Waals surface area contributed by atoms with Crippen LogP contribution in [0.4, 0.5) is 13.2 Å². The number of benzene rings is 1. The molecule has 0 radical (unpaired) electrons. The Morgan fingerprint density at radius 2 is 1.92 bits per heavy atom. The molecule has 1 aliphatic heterocycles. The number of alkyl halides is 3. The second kappa shape index (κ2) is 6.30. The monoisotopic (exact) mass is 337 g/mol. The van der Waals surface area contributed by atoms with Gasteiger partial charge in [0.25, 0.3) is 5.91 Å². The summed E-state index contributed by atoms with van der Waals surface area (Å²) in [7, 11) is 0. The summed E-state index contributed by atoms with van der Waals surface area (Å²) in [5.41, 5.74) is 1.52. The molecule has 0 bridgehead atoms. The predicted octanol–water partition coefficient (Wildman–Crippen LogP) is 3.74. The van der Waals surface area contributed by atoms with Crippen molar-refractivity contribution in [3.05, 3.63) is 47.8 Å². The van der Waals surface area contributed by atoms with Gasteiger partial charge in [0, 0.05) is 6.54 Å². The van der Waals surface area contributed by atoms with Gasteiger partial charge in [-0.3, -0.25) is 4.79 Å². The lowest BCUT2D eigenvalue weighted by atomic mass is 10.0. The van der Waals surface area contributed by atoms with Crippen LogP contribution in [0.25, 0.3) is 5.69 Å². The summed E-state index contributed by atoms with van der Waals surface area (Å²) in [4.78, 5) is 13.6. The molecule has 1 aliphatic rings. The SMILES string of the molecule is Cc1c(C(=O)N2CCCCC2C(F)(F)F)cnn1-c1ccccc1. The molecule has 2 heterocycles. The molecule has 0 aliphatic carbocycles. The van der Waals surface area contributed by atoms with Crippen LogP contribution in [0.2, 0.25) is 0 Å². The molecule has 1 unspecified atom stereocenters. The van der Waals surface area contributed by atoms with Gasteiger partial charge in [-0.25, -0.2) is 4.68 Å². The molecule has 1 aromatic heterocycles. The molecule has 1 atom stereocenters. The maximum atomic E-state index is 13.2. The van der Waals surface area contributed by atoms with Crippen molar-refractivity contribution >= 4 is 5.91 Å². The molecule has 0 saturated carbocycles. The highest BCUT2D eigenvalue weighted by molar-refractivity contribution is 5.95. The van der Waals surface area contributed by atoms with Gasteiger partial charge in [-0.05, 0) is 38.3 Å². The van der Waals surface area contributed by atoms with Gasteiger partial charge in [0.15, 0.2) is 0 Å². The number of hydrogen-bond acceptors (Lipinski definition) is 2. The fourth-order valence-electron chi connectivity index (χ4n) is 3.12. The molecule has 1 amide bonds. The summed E-state index contributed by atoms with van der Waals surface area (Å²) >= 11 is 0. The number of rotatable bonds is 2. The topological polar surface area (TPSA) is 38.1 Å². The van der Waals surface area contributed by atoms with Crippen LogP contribution in [0.5, 0.6) is 0 Å². The van der Waals surface area contributed by atoms with Crippen LogP contribution in [-0.4, -0.2) is 39.4 Å². The van der Waals surface area contributed by atoms with E-state index in [1.807, 2.05) is 30.3 Å². The molecule has 1 aromatic carbocycles. The number of carbonyl (C=O) groups excluding carboxylic acids is 1. The van der Waals surface area contributed by atoms with Gasteiger partial charge in [-0.1, -0.05) is 18.2 Å². The summed E-state index contributed by atoms with van der Waals surface area (Å²) in [6.07, 6.45) is -2.02. The Morgan fingerprint density at radius 1 is 1.21 bits per heavy atom. The van der Waals surface area contributed by atoms with Crippen molar-refractivity contribution in [2.75, 3.05) is 6.54 Å². The lowest BCUT2D eigenvalue weighted by Crippen LogP contribution is -2.51. The molecule has 3 rings (SSSR count). The van der Waals surface area contributed by atoms with Crippen molar-refractivity contribution in [1.82, 2.24) is 14.7 Å². The second-order valence-corrected chi connectivity index (χ2v) is 5.94. The third kappa shape index (κ3) is 3.02. The van der Waals surface area contributed by atoms with Gasteiger partial charge in [-0.15, -0.1) is 0 Å². The Morgan fingerprint density at radius 3 is 2.58 bits per heavy atom. The number of amides is 1. The van der Waals surface area contributed by atoms with E-state index < -0.39 is 18.1 Å². The zero-order valence-corrected chi connectivity index (χ0v) is 13.3. The largest absolute Gasteiger partial charge is 0.408 e. The van der Waals surface area contributed by atoms with Gasteiger partial charge in [0.1, 0.15) is 6.04 Å². The molecule has 7 heteroatoms. The lowest BCUT2D eigenvalue weighted by Gasteiger charge is -2.36. The zero-order valence-electron chi connectivity index (χ0n) is 13.3. The van der Waals surface area contributed by atoms with Crippen LogP contribution >= 0.6 is 0 Å². The van der Waals surface area contributed by atoms with Crippen molar-refractivity contribution in [2.45, 2.75) is 38.4 Å². The quantitative estimate of drug-likeness (QED) is 0.837. The van der Waals surface area contributed by atoms with Crippen molar-refractivity contribution in [1.29, 1.82) is 0 Å². The number of aromatic nitrogens is 2. The fourth-order valence-corrected chi connectivity index (χ4v) is 3.12. The number of piperidine rings is 1. The highest BCUT2D eigenvalue weighted by Crippen LogP contribution is 2.33. The molecule has 4 nitrogen and oxygen atoms in total. The van der Waals surface area contributed by atoms with Gasteiger partial charge in [0.2, 0.25) is 0 Å². The highest BCUT2D eigenvalue weighted by Gasteiger charge is 2.46. The van der Waals surface area contributed by atoms with Crippen LogP contribution in [0.15, 0.2) is 36.5 Å². The van der Waals surface area contributed by atoms with E-state index in [1.54, 1.807) is 11.6 Å². The van der Waals surface area contributed by atoms with Crippen LogP contribution in [0.3, 0.4) is 0 Å². The Hall–Kier alpha value is -2.31. The van der Waals surface area contributed by atoms with Crippen molar-refractivity contribution in [3.8, 4) is 5.69 Å². The van der Waals surface area contributed by atoms with Gasteiger partial charge in [0.05, 0.1) is 23.1 Å². The Balaban J connectivity index is 1.91. The molecular weight excluding hydrogens is 319 g/mol. The first kappa shape index (κ1) is 16.5. The van der Waals surface area contributed by atoms with E-state index in [-0.39, 0.29) is 18.5 Å². The van der Waals surface area contributed by atoms with Crippen LogP contribution < -0.4 is 0 Å². The summed E-state index contributed by atoms with van der Waals surface area (Å²) in [5.74, 6) is -0.600. The predicted molar refractivity (Wildman–Crippen MR) is 83.0 cm³/mol. The summed E-state index contributed by atoms with van der Waals surface area (Å²) in [6, 6.07) is 7.47.